The first-order chi connectivity index (χ1) is 12.2. The van der Waals surface area contributed by atoms with Crippen LogP contribution in [0.4, 0.5) is 10.8 Å². The second-order valence-electron chi connectivity index (χ2n) is 7.81. The molecule has 0 fully saturated rings. The van der Waals surface area contributed by atoms with E-state index in [1.165, 1.54) is 22.3 Å². The number of nitro benzene ring substituents is 1. The lowest BCUT2D eigenvalue weighted by molar-refractivity contribution is -0.385. The van der Waals surface area contributed by atoms with Crippen molar-refractivity contribution in [2.24, 2.45) is 11.3 Å². The van der Waals surface area contributed by atoms with Crippen LogP contribution >= 0.6 is 11.3 Å². The highest BCUT2D eigenvalue weighted by atomic mass is 32.1. The van der Waals surface area contributed by atoms with E-state index in [1.807, 2.05) is 0 Å². The van der Waals surface area contributed by atoms with Gasteiger partial charge in [-0.1, -0.05) is 39.0 Å². The van der Waals surface area contributed by atoms with Crippen molar-refractivity contribution < 1.29 is 9.72 Å². The van der Waals surface area contributed by atoms with Gasteiger partial charge in [-0.05, 0) is 30.6 Å². The van der Waals surface area contributed by atoms with Crippen molar-refractivity contribution in [1.29, 1.82) is 0 Å². The molecule has 2 aromatic rings. The Kier molecular flexibility index (Phi) is 5.09. The lowest BCUT2D eigenvalue weighted by Gasteiger charge is -2.33. The third kappa shape index (κ3) is 4.09. The van der Waals surface area contributed by atoms with Gasteiger partial charge in [-0.2, -0.15) is 0 Å². The number of hydrogen-bond donors (Lipinski definition) is 1. The van der Waals surface area contributed by atoms with E-state index in [0.29, 0.717) is 16.6 Å². The van der Waals surface area contributed by atoms with Gasteiger partial charge >= 0.3 is 0 Å². The van der Waals surface area contributed by atoms with E-state index in [0.717, 1.165) is 25.0 Å². The molecule has 1 aromatic heterocycles. The van der Waals surface area contributed by atoms with Gasteiger partial charge < -0.3 is 5.32 Å². The summed E-state index contributed by atoms with van der Waals surface area (Å²) in [7, 11) is 0. The van der Waals surface area contributed by atoms with E-state index < -0.39 is 4.92 Å². The van der Waals surface area contributed by atoms with Crippen molar-refractivity contribution in [3.8, 4) is 0 Å². The maximum Gasteiger partial charge on any atom is 0.273 e. The predicted octanol–water partition coefficient (Wildman–Crippen LogP) is 4.38. The summed E-state index contributed by atoms with van der Waals surface area (Å²) < 4.78 is 0. The van der Waals surface area contributed by atoms with Crippen LogP contribution in [0, 0.1) is 21.4 Å². The summed E-state index contributed by atoms with van der Waals surface area (Å²) in [5, 5.41) is 14.5. The van der Waals surface area contributed by atoms with Gasteiger partial charge in [0.15, 0.2) is 5.13 Å². The van der Waals surface area contributed by atoms with Gasteiger partial charge in [0.05, 0.1) is 17.0 Å². The molecule has 1 unspecified atom stereocenters. The van der Waals surface area contributed by atoms with Crippen LogP contribution in [0.25, 0.3) is 0 Å². The van der Waals surface area contributed by atoms with E-state index in [9.17, 15) is 14.9 Å². The van der Waals surface area contributed by atoms with Gasteiger partial charge in [0, 0.05) is 16.5 Å². The molecule has 1 aromatic carbocycles. The molecule has 1 atom stereocenters. The van der Waals surface area contributed by atoms with Crippen molar-refractivity contribution in [2.75, 3.05) is 5.32 Å². The molecule has 1 aliphatic rings. The summed E-state index contributed by atoms with van der Waals surface area (Å²) >= 11 is 1.53. The largest absolute Gasteiger partial charge is 0.302 e. The molecule has 0 spiro atoms. The average molecular weight is 373 g/mol. The lowest BCUT2D eigenvalue weighted by atomic mass is 9.73. The number of hydrogen-bond acceptors (Lipinski definition) is 5. The normalized spacial score (nSPS) is 16.8. The molecule has 7 heteroatoms. The van der Waals surface area contributed by atoms with Gasteiger partial charge in [-0.3, -0.25) is 14.9 Å². The number of fused-ring (bicyclic) bond motifs is 1. The first kappa shape index (κ1) is 18.5. The zero-order chi connectivity index (χ0) is 18.9. The van der Waals surface area contributed by atoms with Crippen LogP contribution in [-0.2, 0) is 24.1 Å². The highest BCUT2D eigenvalue weighted by Crippen LogP contribution is 2.40. The number of carbonyl (C=O) groups excluding carboxylic acids is 1. The standard InChI is InChI=1S/C19H23N3O3S/c1-19(2,3)13-8-9-14-16(11-13)26-18(20-14)21-17(23)10-12-6-4-5-7-15(12)22(24)25/h4-7,13H,8-11H2,1-3H3,(H,20,21,23). The Bertz CT molecular complexity index is 839. The molecule has 26 heavy (non-hydrogen) atoms. The van der Waals surface area contributed by atoms with E-state index in [4.69, 9.17) is 0 Å². The third-order valence-electron chi connectivity index (χ3n) is 4.95. The van der Waals surface area contributed by atoms with Crippen LogP contribution in [-0.4, -0.2) is 15.8 Å². The molecule has 1 aliphatic carbocycles. The van der Waals surface area contributed by atoms with Crippen molar-refractivity contribution in [1.82, 2.24) is 4.98 Å². The second kappa shape index (κ2) is 7.15. The molecule has 0 radical (unpaired) electrons. The first-order valence-electron chi connectivity index (χ1n) is 8.75. The van der Waals surface area contributed by atoms with Gasteiger partial charge in [-0.25, -0.2) is 4.98 Å². The molecule has 0 aliphatic heterocycles. The summed E-state index contributed by atoms with van der Waals surface area (Å²) in [6.45, 7) is 6.79. The van der Waals surface area contributed by atoms with Crippen LogP contribution in [0.5, 0.6) is 0 Å². The molecule has 3 rings (SSSR count). The number of aromatic nitrogens is 1. The molecule has 0 saturated carbocycles. The number of thiazole rings is 1. The highest BCUT2D eigenvalue weighted by molar-refractivity contribution is 7.15. The Morgan fingerprint density at radius 3 is 2.81 bits per heavy atom. The van der Waals surface area contributed by atoms with Crippen LogP contribution in [0.2, 0.25) is 0 Å². The fraction of sp³-hybridized carbons (Fsp3) is 0.474. The molecular weight excluding hydrogens is 350 g/mol. The Balaban J connectivity index is 1.69. The van der Waals surface area contributed by atoms with Crippen LogP contribution < -0.4 is 5.32 Å². The number of nitrogens with one attached hydrogen (secondary N) is 1. The fourth-order valence-corrected chi connectivity index (χ4v) is 4.45. The van der Waals surface area contributed by atoms with E-state index >= 15 is 0 Å². The minimum Gasteiger partial charge on any atom is -0.302 e. The Labute approximate surface area is 156 Å². The number of carbonyl (C=O) groups is 1. The average Bonchev–Trinajstić information content (AvgIpc) is 2.95. The highest BCUT2D eigenvalue weighted by Gasteiger charge is 2.30. The molecular formula is C19H23N3O3S. The maximum atomic E-state index is 12.3. The summed E-state index contributed by atoms with van der Waals surface area (Å²) in [6.07, 6.45) is 3.01. The van der Waals surface area contributed by atoms with E-state index in [1.54, 1.807) is 18.2 Å². The van der Waals surface area contributed by atoms with Gasteiger partial charge in [0.2, 0.25) is 5.91 Å². The fourth-order valence-electron chi connectivity index (χ4n) is 3.34. The molecule has 1 amide bonds. The quantitative estimate of drug-likeness (QED) is 0.636. The Hall–Kier alpha value is -2.28. The minimum atomic E-state index is -0.461. The van der Waals surface area contributed by atoms with Gasteiger partial charge in [0.25, 0.3) is 5.69 Å². The third-order valence-corrected chi connectivity index (χ3v) is 5.99. The maximum absolute atomic E-state index is 12.3. The monoisotopic (exact) mass is 373 g/mol. The number of aryl methyl sites for hydroxylation is 1. The van der Waals surface area contributed by atoms with Crippen LogP contribution in [0.15, 0.2) is 24.3 Å². The number of rotatable bonds is 4. The summed E-state index contributed by atoms with van der Waals surface area (Å²) in [5.41, 5.74) is 1.71. The van der Waals surface area contributed by atoms with Crippen molar-refractivity contribution in [2.45, 2.75) is 46.5 Å². The number of benzene rings is 1. The predicted molar refractivity (Wildman–Crippen MR) is 103 cm³/mol. The zero-order valence-electron chi connectivity index (χ0n) is 15.2. The van der Waals surface area contributed by atoms with Crippen molar-refractivity contribution >= 4 is 28.1 Å². The van der Waals surface area contributed by atoms with Crippen LogP contribution in [0.3, 0.4) is 0 Å². The molecule has 0 bridgehead atoms. The number of nitrogens with zero attached hydrogens (tertiary/aromatic N) is 2. The molecule has 1 N–H and O–H groups in total. The Morgan fingerprint density at radius 2 is 2.12 bits per heavy atom. The smallest absolute Gasteiger partial charge is 0.273 e. The van der Waals surface area contributed by atoms with E-state index in [2.05, 4.69) is 31.1 Å². The number of anilines is 1. The Morgan fingerprint density at radius 1 is 1.38 bits per heavy atom. The van der Waals surface area contributed by atoms with Crippen molar-refractivity contribution in [3.63, 3.8) is 0 Å². The number of nitro groups is 1. The SMILES string of the molecule is CC(C)(C)C1CCc2nc(NC(=O)Cc3ccccc3[N+](=O)[O-])sc2C1. The lowest BCUT2D eigenvalue weighted by Crippen LogP contribution is -2.26. The molecule has 138 valence electrons. The van der Waals surface area contributed by atoms with Crippen LogP contribution in [0.1, 0.15) is 43.3 Å². The summed E-state index contributed by atoms with van der Waals surface area (Å²) in [5.74, 6) is 0.337. The van der Waals surface area contributed by atoms with Gasteiger partial charge in [-0.15, -0.1) is 11.3 Å². The minimum absolute atomic E-state index is 0.0332. The zero-order valence-corrected chi connectivity index (χ0v) is 16.1. The topological polar surface area (TPSA) is 85.1 Å². The summed E-state index contributed by atoms with van der Waals surface area (Å²) in [6, 6.07) is 6.32. The molecule has 0 saturated heterocycles. The van der Waals surface area contributed by atoms with E-state index in [-0.39, 0.29) is 23.4 Å². The molecule has 1 heterocycles. The summed E-state index contributed by atoms with van der Waals surface area (Å²) in [4.78, 5) is 28.7. The number of para-hydroxylation sites is 1. The van der Waals surface area contributed by atoms with Crippen molar-refractivity contribution in [3.05, 3.63) is 50.5 Å². The van der Waals surface area contributed by atoms with Gasteiger partial charge in [0.1, 0.15) is 0 Å². The second-order valence-corrected chi connectivity index (χ2v) is 8.89. The number of amides is 1. The first-order valence-corrected chi connectivity index (χ1v) is 9.56. The molecule has 6 nitrogen and oxygen atoms in total.